The van der Waals surface area contributed by atoms with Gasteiger partial charge in [-0.25, -0.2) is 19.6 Å². The Bertz CT molecular complexity index is 2160. The van der Waals surface area contributed by atoms with E-state index in [4.69, 9.17) is 9.47 Å². The molecule has 4 aromatic rings. The number of carbonyl (C=O) groups excluding carboxylic acids is 4. The third-order valence-corrected chi connectivity index (χ3v) is 11.3. The monoisotopic (exact) mass is 782 g/mol. The Kier molecular flexibility index (Phi) is 11.0. The summed E-state index contributed by atoms with van der Waals surface area (Å²) in [5.74, 6) is 1.27. The maximum Gasteiger partial charge on any atom is 0.409 e. The second-order valence-corrected chi connectivity index (χ2v) is 15.5. The van der Waals surface area contributed by atoms with Crippen molar-refractivity contribution in [1.82, 2.24) is 40.4 Å². The van der Waals surface area contributed by atoms with E-state index in [1.54, 1.807) is 36.0 Å². The molecule has 16 heteroatoms. The number of aliphatic hydroxyl groups is 1. The van der Waals surface area contributed by atoms with Crippen LogP contribution in [0.1, 0.15) is 88.2 Å². The predicted octanol–water partition coefficient (Wildman–Crippen LogP) is 5.57. The molecule has 0 saturated carbocycles. The molecule has 2 aromatic carbocycles. The standard InChI is InChI=1S/C41H50N8O8/c1-22(2)34(46-39(52)55-5)37(50)48-15-7-9-30(48)35-42-21-29(45-35)25-11-12-26-18-27-17-24(13-14-32(27)57-33(26)19-25)28-20-43-36(44-28)31-10-8-16-49(31)38(51)41(54,23(3)4)47-40(53)56-6/h11-14,17,19-23,30-31,34,54H,7-10,15-16,18H2,1-6H3,(H,42,45)(H,43,44)(H,46,52)(H,47,53)/t30-,31-,34-,41-/m0/s1. The first-order valence-electron chi connectivity index (χ1n) is 19.4. The maximum atomic E-state index is 13.7. The number of benzene rings is 2. The summed E-state index contributed by atoms with van der Waals surface area (Å²) < 4.78 is 15.9. The van der Waals surface area contributed by atoms with E-state index >= 15 is 0 Å². The van der Waals surface area contributed by atoms with Gasteiger partial charge in [-0.2, -0.15) is 0 Å². The van der Waals surface area contributed by atoms with Crippen LogP contribution in [0.3, 0.4) is 0 Å². The third kappa shape index (κ3) is 7.65. The van der Waals surface area contributed by atoms with E-state index in [9.17, 15) is 24.3 Å². The zero-order valence-corrected chi connectivity index (χ0v) is 33.0. The Balaban J connectivity index is 1.04. The largest absolute Gasteiger partial charge is 0.457 e. The molecule has 0 bridgehead atoms. The van der Waals surface area contributed by atoms with E-state index in [0.717, 1.165) is 58.0 Å². The molecule has 4 atom stereocenters. The van der Waals surface area contributed by atoms with Crippen molar-refractivity contribution < 1.29 is 38.5 Å². The first kappa shape index (κ1) is 39.3. The number of fused-ring (bicyclic) bond motifs is 2. The van der Waals surface area contributed by atoms with Crippen LogP contribution in [-0.2, 0) is 25.5 Å². The van der Waals surface area contributed by atoms with Gasteiger partial charge in [0.05, 0.1) is 50.1 Å². The molecule has 0 aliphatic carbocycles. The molecule has 2 aromatic heterocycles. The van der Waals surface area contributed by atoms with Gasteiger partial charge < -0.3 is 44.4 Å². The maximum absolute atomic E-state index is 13.7. The first-order chi connectivity index (χ1) is 27.3. The summed E-state index contributed by atoms with van der Waals surface area (Å²) in [4.78, 5) is 70.8. The molecule has 5 N–H and O–H groups in total. The summed E-state index contributed by atoms with van der Waals surface area (Å²) in [5.41, 5.74) is 3.28. The van der Waals surface area contributed by atoms with E-state index < -0.39 is 41.8 Å². The third-order valence-electron chi connectivity index (χ3n) is 11.3. The molecule has 3 aliphatic heterocycles. The fourth-order valence-corrected chi connectivity index (χ4v) is 7.93. The van der Waals surface area contributed by atoms with Crippen LogP contribution in [0.25, 0.3) is 22.5 Å². The highest BCUT2D eigenvalue weighted by atomic mass is 16.5. The number of hydrogen-bond donors (Lipinski definition) is 5. The van der Waals surface area contributed by atoms with Gasteiger partial charge in [-0.3, -0.25) is 14.9 Å². The van der Waals surface area contributed by atoms with Gasteiger partial charge in [0.15, 0.2) is 0 Å². The number of nitrogens with zero attached hydrogens (tertiary/aromatic N) is 4. The summed E-state index contributed by atoms with van der Waals surface area (Å²) in [6, 6.07) is 10.7. The van der Waals surface area contributed by atoms with Gasteiger partial charge >= 0.3 is 12.2 Å². The van der Waals surface area contributed by atoms with Gasteiger partial charge in [0.2, 0.25) is 11.6 Å². The van der Waals surface area contributed by atoms with Crippen molar-refractivity contribution in [2.45, 2.75) is 83.6 Å². The molecule has 7 rings (SSSR count). The summed E-state index contributed by atoms with van der Waals surface area (Å²) in [5, 5.41) is 16.3. The van der Waals surface area contributed by atoms with Crippen LogP contribution in [0.5, 0.6) is 11.5 Å². The van der Waals surface area contributed by atoms with E-state index in [-0.39, 0.29) is 17.9 Å². The number of imidazole rings is 2. The van der Waals surface area contributed by atoms with Gasteiger partial charge in [-0.15, -0.1) is 0 Å². The highest BCUT2D eigenvalue weighted by Gasteiger charge is 2.48. The number of nitrogens with one attached hydrogen (secondary N) is 4. The predicted molar refractivity (Wildman–Crippen MR) is 208 cm³/mol. The lowest BCUT2D eigenvalue weighted by Gasteiger charge is -2.36. The van der Waals surface area contributed by atoms with Gasteiger partial charge in [0.1, 0.15) is 29.2 Å². The fourth-order valence-electron chi connectivity index (χ4n) is 7.93. The molecule has 2 saturated heterocycles. The van der Waals surface area contributed by atoms with Crippen LogP contribution < -0.4 is 15.4 Å². The topological polar surface area (TPSA) is 204 Å². The Hall–Kier alpha value is -5.90. The Morgan fingerprint density at radius 3 is 2.04 bits per heavy atom. The van der Waals surface area contributed by atoms with E-state index in [1.807, 2.05) is 44.2 Å². The van der Waals surface area contributed by atoms with E-state index in [2.05, 4.69) is 41.4 Å². The average Bonchev–Trinajstić information content (AvgIpc) is 4.04. The lowest BCUT2D eigenvalue weighted by molar-refractivity contribution is -0.161. The Labute approximate surface area is 330 Å². The minimum atomic E-state index is -2.13. The SMILES string of the molecule is COC(=O)N[C@H](C(=O)N1CCC[C@H]1c1ncc(-c2ccc3c(c2)Oc2ccc(-c4cnc([C@@H]5CCCN5C(=O)[C@](O)(NC(=O)OC)C(C)C)[nH]4)cc2C3)[nH]1)C(C)C. The molecule has 2 fully saturated rings. The molecule has 5 heterocycles. The molecule has 0 spiro atoms. The van der Waals surface area contributed by atoms with Crippen LogP contribution in [0.2, 0.25) is 0 Å². The van der Waals surface area contributed by atoms with Crippen molar-refractivity contribution in [2.24, 2.45) is 11.8 Å². The van der Waals surface area contributed by atoms with Crippen LogP contribution in [0.4, 0.5) is 9.59 Å². The highest BCUT2D eigenvalue weighted by Crippen LogP contribution is 2.41. The lowest BCUT2D eigenvalue weighted by Crippen LogP contribution is -2.62. The molecular formula is C41H50N8O8. The number of amides is 4. The minimum absolute atomic E-state index is 0.124. The number of alkyl carbamates (subject to hydrolysis) is 2. The van der Waals surface area contributed by atoms with Gasteiger partial charge in [0, 0.05) is 36.6 Å². The number of rotatable bonds is 10. The van der Waals surface area contributed by atoms with Crippen LogP contribution in [-0.4, -0.2) is 97.9 Å². The summed E-state index contributed by atoms with van der Waals surface area (Å²) in [7, 11) is 2.46. The molecule has 16 nitrogen and oxygen atoms in total. The zero-order valence-electron chi connectivity index (χ0n) is 33.0. The summed E-state index contributed by atoms with van der Waals surface area (Å²) in [6.07, 6.45) is 5.58. The van der Waals surface area contributed by atoms with Crippen molar-refractivity contribution >= 4 is 24.0 Å². The Morgan fingerprint density at radius 1 is 0.825 bits per heavy atom. The van der Waals surface area contributed by atoms with E-state index in [1.165, 1.54) is 14.2 Å². The number of carbonyl (C=O) groups is 4. The molecule has 0 unspecified atom stereocenters. The van der Waals surface area contributed by atoms with Crippen LogP contribution in [0.15, 0.2) is 48.8 Å². The molecular weight excluding hydrogens is 732 g/mol. The van der Waals surface area contributed by atoms with Crippen LogP contribution in [0, 0.1) is 11.8 Å². The molecule has 57 heavy (non-hydrogen) atoms. The van der Waals surface area contributed by atoms with Crippen molar-refractivity contribution in [3.8, 4) is 34.0 Å². The fraction of sp³-hybridized carbons (Fsp3) is 0.463. The smallest absolute Gasteiger partial charge is 0.409 e. The number of likely N-dealkylation sites (tertiary alicyclic amines) is 2. The lowest BCUT2D eigenvalue weighted by atomic mass is 9.96. The first-order valence-corrected chi connectivity index (χ1v) is 19.4. The second kappa shape index (κ2) is 15.9. The van der Waals surface area contributed by atoms with Gasteiger partial charge in [-0.05, 0) is 67.0 Å². The van der Waals surface area contributed by atoms with Crippen LogP contribution >= 0.6 is 0 Å². The number of H-pyrrole nitrogens is 2. The summed E-state index contributed by atoms with van der Waals surface area (Å²) in [6.45, 7) is 8.08. The van der Waals surface area contributed by atoms with Crippen molar-refractivity contribution in [3.05, 3.63) is 71.6 Å². The molecule has 4 amide bonds. The number of methoxy groups -OCH3 is 2. The van der Waals surface area contributed by atoms with Crippen molar-refractivity contribution in [1.29, 1.82) is 0 Å². The van der Waals surface area contributed by atoms with E-state index in [0.29, 0.717) is 44.0 Å². The van der Waals surface area contributed by atoms with Crippen molar-refractivity contribution in [3.63, 3.8) is 0 Å². The average molecular weight is 783 g/mol. The zero-order chi connectivity index (χ0) is 40.6. The molecule has 0 radical (unpaired) electrons. The summed E-state index contributed by atoms with van der Waals surface area (Å²) >= 11 is 0. The number of aromatic nitrogens is 4. The Morgan fingerprint density at radius 2 is 1.42 bits per heavy atom. The number of hydrogen-bond acceptors (Lipinski definition) is 10. The van der Waals surface area contributed by atoms with Gasteiger partial charge in [-0.1, -0.05) is 39.8 Å². The molecule has 3 aliphatic rings. The normalized spacial score (nSPS) is 19.0. The second-order valence-electron chi connectivity index (χ2n) is 15.5. The number of ether oxygens (including phenoxy) is 3. The quantitative estimate of drug-likeness (QED) is 0.111. The highest BCUT2D eigenvalue weighted by molar-refractivity contribution is 5.89. The molecule has 302 valence electrons. The van der Waals surface area contributed by atoms with Gasteiger partial charge in [0.25, 0.3) is 5.91 Å². The minimum Gasteiger partial charge on any atom is -0.457 e. The van der Waals surface area contributed by atoms with Crippen molar-refractivity contribution in [2.75, 3.05) is 27.3 Å². The number of aromatic amines is 2.